The fraction of sp³-hybridized carbons (Fsp3) is 1.00. The van der Waals surface area contributed by atoms with Crippen LogP contribution in [0.5, 0.6) is 0 Å². The molecule has 1 saturated heterocycles. The minimum absolute atomic E-state index is 0.816. The molecule has 0 aliphatic carbocycles. The number of methoxy groups -OCH3 is 1. The van der Waals surface area contributed by atoms with Crippen molar-refractivity contribution in [2.24, 2.45) is 5.92 Å². The van der Waals surface area contributed by atoms with E-state index < -0.39 is 0 Å². The van der Waals surface area contributed by atoms with Crippen LogP contribution >= 0.6 is 0 Å². The molecule has 1 aliphatic rings. The van der Waals surface area contributed by atoms with Crippen molar-refractivity contribution in [3.05, 3.63) is 0 Å². The molecule has 0 amide bonds. The molecule has 0 saturated carbocycles. The largest absolute Gasteiger partial charge is 0.383 e. The highest BCUT2D eigenvalue weighted by Gasteiger charge is 2.18. The van der Waals surface area contributed by atoms with Crippen LogP contribution in [0.4, 0.5) is 0 Å². The van der Waals surface area contributed by atoms with Crippen molar-refractivity contribution in [1.82, 2.24) is 10.2 Å². The predicted octanol–water partition coefficient (Wildman–Crippen LogP) is 1.36. The zero-order valence-electron chi connectivity index (χ0n) is 12.1. The van der Waals surface area contributed by atoms with Gasteiger partial charge in [0, 0.05) is 33.4 Å². The Morgan fingerprint density at radius 2 is 2.00 bits per heavy atom. The Kier molecular flexibility index (Phi) is 9.48. The Hall–Kier alpha value is -0.160. The van der Waals surface area contributed by atoms with Crippen LogP contribution in [0, 0.1) is 5.92 Å². The zero-order chi connectivity index (χ0) is 13.1. The van der Waals surface area contributed by atoms with Crippen LogP contribution in [-0.2, 0) is 9.47 Å². The standard InChI is InChI=1S/C14H30N2O2/c1-3-18-11-4-8-16-9-5-14(6-10-16)13-15-7-12-17-2/h14-15H,3-13H2,1-2H3. The molecule has 0 radical (unpaired) electrons. The molecule has 108 valence electrons. The lowest BCUT2D eigenvalue weighted by Gasteiger charge is -2.32. The maximum Gasteiger partial charge on any atom is 0.0587 e. The van der Waals surface area contributed by atoms with E-state index in [2.05, 4.69) is 17.1 Å². The molecule has 0 unspecified atom stereocenters. The van der Waals surface area contributed by atoms with Gasteiger partial charge in [0.25, 0.3) is 0 Å². The number of rotatable bonds is 10. The molecule has 0 aromatic carbocycles. The van der Waals surface area contributed by atoms with Gasteiger partial charge in [-0.05, 0) is 51.7 Å². The molecular formula is C14H30N2O2. The van der Waals surface area contributed by atoms with Crippen LogP contribution in [0.15, 0.2) is 0 Å². The number of nitrogens with zero attached hydrogens (tertiary/aromatic N) is 1. The van der Waals surface area contributed by atoms with Gasteiger partial charge in [0.05, 0.1) is 6.61 Å². The summed E-state index contributed by atoms with van der Waals surface area (Å²) in [6.45, 7) is 10.5. The van der Waals surface area contributed by atoms with E-state index in [9.17, 15) is 0 Å². The zero-order valence-corrected chi connectivity index (χ0v) is 12.1. The number of ether oxygens (including phenoxy) is 2. The number of piperidine rings is 1. The van der Waals surface area contributed by atoms with E-state index in [4.69, 9.17) is 9.47 Å². The minimum Gasteiger partial charge on any atom is -0.383 e. The molecule has 1 aliphatic heterocycles. The summed E-state index contributed by atoms with van der Waals surface area (Å²) in [6, 6.07) is 0. The lowest BCUT2D eigenvalue weighted by atomic mass is 9.97. The summed E-state index contributed by atoms with van der Waals surface area (Å²) in [6.07, 6.45) is 3.83. The molecule has 0 aromatic heterocycles. The highest BCUT2D eigenvalue weighted by atomic mass is 16.5. The Bertz CT molecular complexity index is 163. The van der Waals surface area contributed by atoms with E-state index in [-0.39, 0.29) is 0 Å². The highest BCUT2D eigenvalue weighted by molar-refractivity contribution is 4.73. The van der Waals surface area contributed by atoms with Crippen LogP contribution < -0.4 is 5.32 Å². The van der Waals surface area contributed by atoms with Gasteiger partial charge in [-0.15, -0.1) is 0 Å². The average Bonchev–Trinajstić information content (AvgIpc) is 2.41. The van der Waals surface area contributed by atoms with E-state index >= 15 is 0 Å². The van der Waals surface area contributed by atoms with Crippen molar-refractivity contribution in [2.45, 2.75) is 26.2 Å². The van der Waals surface area contributed by atoms with Crippen molar-refractivity contribution in [1.29, 1.82) is 0 Å². The first-order valence-corrected chi connectivity index (χ1v) is 7.36. The topological polar surface area (TPSA) is 33.7 Å². The summed E-state index contributed by atoms with van der Waals surface area (Å²) < 4.78 is 10.4. The van der Waals surface area contributed by atoms with Gasteiger partial charge in [0.15, 0.2) is 0 Å². The second-order valence-electron chi connectivity index (χ2n) is 5.03. The molecule has 0 spiro atoms. The van der Waals surface area contributed by atoms with Gasteiger partial charge < -0.3 is 19.7 Å². The van der Waals surface area contributed by atoms with Gasteiger partial charge in [-0.25, -0.2) is 0 Å². The second-order valence-corrected chi connectivity index (χ2v) is 5.03. The third kappa shape index (κ3) is 7.31. The van der Waals surface area contributed by atoms with Crippen LogP contribution in [0.3, 0.4) is 0 Å². The molecule has 1 fully saturated rings. The lowest BCUT2D eigenvalue weighted by Crippen LogP contribution is -2.38. The Balaban J connectivity index is 1.95. The number of likely N-dealkylation sites (tertiary alicyclic amines) is 1. The van der Waals surface area contributed by atoms with Gasteiger partial charge in [0.2, 0.25) is 0 Å². The summed E-state index contributed by atoms with van der Waals surface area (Å²) >= 11 is 0. The van der Waals surface area contributed by atoms with Crippen molar-refractivity contribution < 1.29 is 9.47 Å². The molecule has 4 heteroatoms. The molecule has 0 bridgehead atoms. The number of hydrogen-bond acceptors (Lipinski definition) is 4. The van der Waals surface area contributed by atoms with Crippen LogP contribution in [0.2, 0.25) is 0 Å². The maximum atomic E-state index is 5.37. The number of hydrogen-bond donors (Lipinski definition) is 1. The van der Waals surface area contributed by atoms with E-state index in [1.807, 2.05) is 0 Å². The molecular weight excluding hydrogens is 228 g/mol. The van der Waals surface area contributed by atoms with Gasteiger partial charge in [-0.1, -0.05) is 0 Å². The van der Waals surface area contributed by atoms with Crippen molar-refractivity contribution in [3.8, 4) is 0 Å². The van der Waals surface area contributed by atoms with E-state index in [1.54, 1.807) is 7.11 Å². The van der Waals surface area contributed by atoms with Crippen molar-refractivity contribution >= 4 is 0 Å². The third-order valence-corrected chi connectivity index (χ3v) is 3.59. The average molecular weight is 258 g/mol. The van der Waals surface area contributed by atoms with Gasteiger partial charge in [-0.3, -0.25) is 0 Å². The minimum atomic E-state index is 0.816. The smallest absolute Gasteiger partial charge is 0.0587 e. The van der Waals surface area contributed by atoms with Gasteiger partial charge in [0.1, 0.15) is 0 Å². The molecule has 1 N–H and O–H groups in total. The summed E-state index contributed by atoms with van der Waals surface area (Å²) in [5.74, 6) is 0.852. The van der Waals surface area contributed by atoms with E-state index in [1.165, 1.54) is 38.9 Å². The summed E-state index contributed by atoms with van der Waals surface area (Å²) in [7, 11) is 1.75. The quantitative estimate of drug-likeness (QED) is 0.600. The van der Waals surface area contributed by atoms with Crippen molar-refractivity contribution in [2.75, 3.05) is 59.7 Å². The Labute approximate surface area is 112 Å². The predicted molar refractivity (Wildman–Crippen MR) is 75.0 cm³/mol. The first-order chi connectivity index (χ1) is 8.86. The molecule has 1 heterocycles. The van der Waals surface area contributed by atoms with Gasteiger partial charge >= 0.3 is 0 Å². The van der Waals surface area contributed by atoms with Crippen LogP contribution in [0.1, 0.15) is 26.2 Å². The normalized spacial score (nSPS) is 18.3. The van der Waals surface area contributed by atoms with E-state index in [0.717, 1.165) is 38.8 Å². The molecule has 0 atom stereocenters. The lowest BCUT2D eigenvalue weighted by molar-refractivity contribution is 0.120. The molecule has 0 aromatic rings. The van der Waals surface area contributed by atoms with Crippen molar-refractivity contribution in [3.63, 3.8) is 0 Å². The summed E-state index contributed by atoms with van der Waals surface area (Å²) in [4.78, 5) is 2.57. The monoisotopic (exact) mass is 258 g/mol. The first-order valence-electron chi connectivity index (χ1n) is 7.36. The van der Waals surface area contributed by atoms with Crippen LogP contribution in [0.25, 0.3) is 0 Å². The summed E-state index contributed by atoms with van der Waals surface area (Å²) in [5, 5.41) is 3.47. The van der Waals surface area contributed by atoms with E-state index in [0.29, 0.717) is 0 Å². The molecule has 4 nitrogen and oxygen atoms in total. The fourth-order valence-electron chi connectivity index (χ4n) is 2.43. The summed E-state index contributed by atoms with van der Waals surface area (Å²) in [5.41, 5.74) is 0. The maximum absolute atomic E-state index is 5.37. The number of nitrogens with one attached hydrogen (secondary N) is 1. The second kappa shape index (κ2) is 10.7. The Morgan fingerprint density at radius 3 is 2.67 bits per heavy atom. The third-order valence-electron chi connectivity index (χ3n) is 3.59. The Morgan fingerprint density at radius 1 is 1.22 bits per heavy atom. The van der Waals surface area contributed by atoms with Gasteiger partial charge in [-0.2, -0.15) is 0 Å². The fourth-order valence-corrected chi connectivity index (χ4v) is 2.43. The first kappa shape index (κ1) is 15.9. The van der Waals surface area contributed by atoms with Crippen LogP contribution in [-0.4, -0.2) is 64.6 Å². The highest BCUT2D eigenvalue weighted by Crippen LogP contribution is 2.16. The molecule has 1 rings (SSSR count). The SMILES string of the molecule is CCOCCCN1CCC(CNCCOC)CC1. The molecule has 18 heavy (non-hydrogen) atoms.